The largest absolute Gasteiger partial charge is 0.381 e. The molecule has 0 atom stereocenters. The topological polar surface area (TPSA) is 45.2 Å². The first-order valence-corrected chi connectivity index (χ1v) is 8.88. The summed E-state index contributed by atoms with van der Waals surface area (Å²) in [5, 5.41) is 3.51. The highest BCUT2D eigenvalue weighted by molar-refractivity contribution is 5.92. The van der Waals surface area contributed by atoms with Gasteiger partial charge in [-0.1, -0.05) is 37.1 Å². The van der Waals surface area contributed by atoms with E-state index in [2.05, 4.69) is 28.5 Å². The lowest BCUT2D eigenvalue weighted by Gasteiger charge is -2.28. The van der Waals surface area contributed by atoms with E-state index >= 15 is 0 Å². The summed E-state index contributed by atoms with van der Waals surface area (Å²) < 4.78 is 0. The molecule has 0 bridgehead atoms. The van der Waals surface area contributed by atoms with Gasteiger partial charge in [-0.2, -0.15) is 0 Å². The van der Waals surface area contributed by atoms with Gasteiger partial charge in [0.15, 0.2) is 0 Å². The monoisotopic (exact) mass is 321 g/mol. The maximum atomic E-state index is 12.7. The first kappa shape index (κ1) is 15.2. The molecule has 1 amide bonds. The van der Waals surface area contributed by atoms with E-state index in [0.29, 0.717) is 18.3 Å². The third-order valence-corrected chi connectivity index (χ3v) is 5.13. The van der Waals surface area contributed by atoms with Crippen LogP contribution < -0.4 is 5.32 Å². The zero-order valence-electron chi connectivity index (χ0n) is 13.9. The van der Waals surface area contributed by atoms with Gasteiger partial charge in [-0.05, 0) is 42.5 Å². The molecular weight excluding hydrogens is 298 g/mol. The number of hydrogen-bond acceptors (Lipinski definition) is 3. The summed E-state index contributed by atoms with van der Waals surface area (Å²) in [5.41, 5.74) is 4.15. The van der Waals surface area contributed by atoms with Gasteiger partial charge in [0, 0.05) is 19.1 Å². The number of anilines is 1. The summed E-state index contributed by atoms with van der Waals surface area (Å²) in [6.07, 6.45) is 7.78. The van der Waals surface area contributed by atoms with E-state index in [-0.39, 0.29) is 5.91 Å². The molecule has 1 aliphatic heterocycles. The first-order valence-electron chi connectivity index (χ1n) is 8.88. The summed E-state index contributed by atoms with van der Waals surface area (Å²) in [6.45, 7) is 1.44. The number of pyridine rings is 1. The molecular formula is C20H23N3O. The highest BCUT2D eigenvalue weighted by Crippen LogP contribution is 2.23. The van der Waals surface area contributed by atoms with E-state index in [1.165, 1.54) is 36.8 Å². The average Bonchev–Trinajstić information content (AvgIpc) is 3.14. The Morgan fingerprint density at radius 1 is 1.08 bits per heavy atom. The average molecular weight is 321 g/mol. The molecule has 1 aromatic heterocycles. The van der Waals surface area contributed by atoms with Crippen LogP contribution in [0, 0.1) is 0 Å². The van der Waals surface area contributed by atoms with Crippen molar-refractivity contribution >= 4 is 11.6 Å². The fourth-order valence-electron chi connectivity index (χ4n) is 3.74. The normalized spacial score (nSPS) is 17.6. The van der Waals surface area contributed by atoms with E-state index in [1.54, 1.807) is 6.20 Å². The molecule has 1 N–H and O–H groups in total. The number of carbonyl (C=O) groups excluding carboxylic acids is 1. The molecule has 2 aliphatic rings. The summed E-state index contributed by atoms with van der Waals surface area (Å²) in [4.78, 5) is 19.0. The lowest BCUT2D eigenvalue weighted by atomic mass is 10.00. The number of carbonyl (C=O) groups is 1. The molecule has 124 valence electrons. The maximum Gasteiger partial charge on any atom is 0.272 e. The molecule has 1 fully saturated rings. The molecule has 24 heavy (non-hydrogen) atoms. The Morgan fingerprint density at radius 2 is 1.88 bits per heavy atom. The number of nitrogens with one attached hydrogen (secondary N) is 1. The lowest BCUT2D eigenvalue weighted by molar-refractivity contribution is 0.0729. The van der Waals surface area contributed by atoms with Gasteiger partial charge in [-0.3, -0.25) is 4.79 Å². The van der Waals surface area contributed by atoms with Crippen LogP contribution in [-0.4, -0.2) is 28.4 Å². The van der Waals surface area contributed by atoms with Crippen molar-refractivity contribution in [1.29, 1.82) is 0 Å². The Morgan fingerprint density at radius 3 is 2.62 bits per heavy atom. The number of nitrogens with zero attached hydrogens (tertiary/aromatic N) is 2. The highest BCUT2D eigenvalue weighted by atomic mass is 16.2. The van der Waals surface area contributed by atoms with Crippen LogP contribution in [0.1, 0.15) is 47.3 Å². The van der Waals surface area contributed by atoms with Gasteiger partial charge >= 0.3 is 0 Å². The quantitative estimate of drug-likeness (QED) is 0.939. The van der Waals surface area contributed by atoms with E-state index in [1.807, 2.05) is 23.1 Å². The smallest absolute Gasteiger partial charge is 0.272 e. The number of fused-ring (bicyclic) bond motifs is 1. The van der Waals surface area contributed by atoms with Gasteiger partial charge in [0.05, 0.1) is 11.9 Å². The molecule has 0 saturated heterocycles. The van der Waals surface area contributed by atoms with Gasteiger partial charge in [0.2, 0.25) is 0 Å². The van der Waals surface area contributed by atoms with Crippen LogP contribution in [0.2, 0.25) is 0 Å². The number of amides is 1. The summed E-state index contributed by atoms with van der Waals surface area (Å²) in [7, 11) is 0. The van der Waals surface area contributed by atoms with E-state index in [4.69, 9.17) is 0 Å². The van der Waals surface area contributed by atoms with Gasteiger partial charge in [0.25, 0.3) is 5.91 Å². The van der Waals surface area contributed by atoms with E-state index < -0.39 is 0 Å². The van der Waals surface area contributed by atoms with Crippen molar-refractivity contribution in [2.75, 3.05) is 11.9 Å². The highest BCUT2D eigenvalue weighted by Gasteiger charge is 2.22. The van der Waals surface area contributed by atoms with Crippen LogP contribution in [0.5, 0.6) is 0 Å². The predicted molar refractivity (Wildman–Crippen MR) is 95.0 cm³/mol. The van der Waals surface area contributed by atoms with Gasteiger partial charge < -0.3 is 10.2 Å². The number of rotatable bonds is 3. The third kappa shape index (κ3) is 3.14. The predicted octanol–water partition coefficient (Wildman–Crippen LogP) is 3.63. The summed E-state index contributed by atoms with van der Waals surface area (Å²) >= 11 is 0. The molecule has 1 aromatic carbocycles. The first-order chi connectivity index (χ1) is 11.8. The van der Waals surface area contributed by atoms with Crippen molar-refractivity contribution in [2.45, 2.75) is 44.7 Å². The number of benzene rings is 1. The van der Waals surface area contributed by atoms with Gasteiger partial charge in [-0.15, -0.1) is 0 Å². The van der Waals surface area contributed by atoms with Crippen LogP contribution >= 0.6 is 0 Å². The minimum atomic E-state index is 0.0249. The minimum absolute atomic E-state index is 0.0249. The van der Waals surface area contributed by atoms with Crippen molar-refractivity contribution in [2.24, 2.45) is 0 Å². The maximum absolute atomic E-state index is 12.7. The van der Waals surface area contributed by atoms with Crippen LogP contribution in [0.25, 0.3) is 0 Å². The molecule has 0 spiro atoms. The second-order valence-electron chi connectivity index (χ2n) is 6.80. The Kier molecular flexibility index (Phi) is 4.20. The second-order valence-corrected chi connectivity index (χ2v) is 6.80. The molecule has 0 unspecified atom stereocenters. The number of aromatic nitrogens is 1. The van der Waals surface area contributed by atoms with Crippen LogP contribution in [0.4, 0.5) is 5.69 Å². The molecule has 4 heteroatoms. The lowest BCUT2D eigenvalue weighted by Crippen LogP contribution is -2.36. The fraction of sp³-hybridized carbons (Fsp3) is 0.400. The molecule has 4 nitrogen and oxygen atoms in total. The van der Waals surface area contributed by atoms with Crippen LogP contribution in [-0.2, 0) is 13.0 Å². The zero-order valence-corrected chi connectivity index (χ0v) is 13.9. The Hall–Kier alpha value is -2.36. The van der Waals surface area contributed by atoms with Crippen LogP contribution in [0.3, 0.4) is 0 Å². The SMILES string of the molecule is O=C(c1ccc(NC2CCCC2)cn1)N1CCc2ccccc2C1. The Labute approximate surface area is 142 Å². The molecule has 1 aliphatic carbocycles. The van der Waals surface area contributed by atoms with Gasteiger partial charge in [-0.25, -0.2) is 4.98 Å². The molecule has 1 saturated carbocycles. The van der Waals surface area contributed by atoms with Crippen molar-refractivity contribution in [3.05, 3.63) is 59.4 Å². The Bertz CT molecular complexity index is 720. The van der Waals surface area contributed by atoms with Crippen LogP contribution in [0.15, 0.2) is 42.6 Å². The standard InChI is InChI=1S/C20H23N3O/c24-20(23-12-11-15-5-1-2-6-16(15)14-23)19-10-9-18(13-21-19)22-17-7-3-4-8-17/h1-2,5-6,9-10,13,17,22H,3-4,7-8,11-12,14H2. The zero-order chi connectivity index (χ0) is 16.4. The Balaban J connectivity index is 1.43. The van der Waals surface area contributed by atoms with E-state index in [0.717, 1.165) is 18.7 Å². The third-order valence-electron chi connectivity index (χ3n) is 5.13. The van der Waals surface area contributed by atoms with Gasteiger partial charge in [0.1, 0.15) is 5.69 Å². The summed E-state index contributed by atoms with van der Waals surface area (Å²) in [5.74, 6) is 0.0249. The molecule has 0 radical (unpaired) electrons. The molecule has 2 heterocycles. The molecule has 2 aromatic rings. The van der Waals surface area contributed by atoms with Crippen molar-refractivity contribution < 1.29 is 4.79 Å². The number of hydrogen-bond donors (Lipinski definition) is 1. The van der Waals surface area contributed by atoms with E-state index in [9.17, 15) is 4.79 Å². The second kappa shape index (κ2) is 6.63. The minimum Gasteiger partial charge on any atom is -0.381 e. The van der Waals surface area contributed by atoms with Crippen molar-refractivity contribution in [3.63, 3.8) is 0 Å². The van der Waals surface area contributed by atoms with Crippen molar-refractivity contribution in [3.8, 4) is 0 Å². The fourth-order valence-corrected chi connectivity index (χ4v) is 3.74. The van der Waals surface area contributed by atoms with Crippen molar-refractivity contribution in [1.82, 2.24) is 9.88 Å². The summed E-state index contributed by atoms with van der Waals surface area (Å²) in [6, 6.07) is 12.8. The molecule has 4 rings (SSSR count).